The van der Waals surface area contributed by atoms with E-state index in [9.17, 15) is 9.59 Å². The highest BCUT2D eigenvalue weighted by molar-refractivity contribution is 6.00. The molecule has 2 amide bonds. The van der Waals surface area contributed by atoms with Crippen LogP contribution >= 0.6 is 0 Å². The summed E-state index contributed by atoms with van der Waals surface area (Å²) in [5, 5.41) is 9.08. The zero-order valence-electron chi connectivity index (χ0n) is 16.0. The first-order chi connectivity index (χ1) is 13.5. The average Bonchev–Trinajstić information content (AvgIpc) is 2.69. The minimum atomic E-state index is -0.298. The molecule has 0 bridgehead atoms. The van der Waals surface area contributed by atoms with Crippen LogP contribution in [0, 0.1) is 13.8 Å². The quantitative estimate of drug-likeness (QED) is 0.499. The molecule has 3 aromatic rings. The number of rotatable bonds is 6. The van der Waals surface area contributed by atoms with Gasteiger partial charge in [0, 0.05) is 24.1 Å². The van der Waals surface area contributed by atoms with E-state index in [1.165, 1.54) is 0 Å². The van der Waals surface area contributed by atoms with Crippen molar-refractivity contribution in [3.05, 3.63) is 77.4 Å². The number of hydrogen-bond acceptors (Lipinski definition) is 3. The molecule has 0 saturated carbocycles. The number of hydrogen-bond donors (Lipinski definition) is 2. The Morgan fingerprint density at radius 1 is 0.857 bits per heavy atom. The molecule has 0 fully saturated rings. The van der Waals surface area contributed by atoms with E-state index in [1.54, 1.807) is 6.21 Å². The molecule has 5 heteroatoms. The summed E-state index contributed by atoms with van der Waals surface area (Å²) in [5.41, 5.74) is 6.21. The van der Waals surface area contributed by atoms with Gasteiger partial charge in [-0.25, -0.2) is 5.43 Å². The number of anilines is 1. The SMILES string of the molecule is Cc1cccc(C)c1NC(=O)CCC(=O)N/N=C\c1cccc2ccccc12. The zero-order valence-corrected chi connectivity index (χ0v) is 16.0. The summed E-state index contributed by atoms with van der Waals surface area (Å²) in [6, 6.07) is 19.7. The van der Waals surface area contributed by atoms with E-state index in [-0.39, 0.29) is 24.7 Å². The van der Waals surface area contributed by atoms with Crippen LogP contribution in [-0.4, -0.2) is 18.0 Å². The van der Waals surface area contributed by atoms with E-state index in [1.807, 2.05) is 74.5 Å². The molecule has 0 spiro atoms. The highest BCUT2D eigenvalue weighted by atomic mass is 16.2. The monoisotopic (exact) mass is 373 g/mol. The van der Waals surface area contributed by atoms with Crippen molar-refractivity contribution < 1.29 is 9.59 Å². The first kappa shape index (κ1) is 19.3. The lowest BCUT2D eigenvalue weighted by Crippen LogP contribution is -2.21. The molecule has 0 heterocycles. The van der Waals surface area contributed by atoms with Gasteiger partial charge in [-0.3, -0.25) is 9.59 Å². The smallest absolute Gasteiger partial charge is 0.240 e. The molecule has 5 nitrogen and oxygen atoms in total. The van der Waals surface area contributed by atoms with Crippen molar-refractivity contribution >= 4 is 34.5 Å². The third-order valence-corrected chi connectivity index (χ3v) is 4.54. The maximum Gasteiger partial charge on any atom is 0.240 e. The maximum absolute atomic E-state index is 12.1. The predicted octanol–water partition coefficient (Wildman–Crippen LogP) is 4.33. The number of nitrogens with zero attached hydrogens (tertiary/aromatic N) is 1. The van der Waals surface area contributed by atoms with Crippen molar-refractivity contribution in [2.24, 2.45) is 5.10 Å². The molecule has 142 valence electrons. The van der Waals surface area contributed by atoms with Gasteiger partial charge >= 0.3 is 0 Å². The molecule has 0 aromatic heterocycles. The molecule has 0 saturated heterocycles. The fraction of sp³-hybridized carbons (Fsp3) is 0.174. The fourth-order valence-corrected chi connectivity index (χ4v) is 3.03. The summed E-state index contributed by atoms with van der Waals surface area (Å²) in [4.78, 5) is 24.1. The number of hydrazone groups is 1. The lowest BCUT2D eigenvalue weighted by Gasteiger charge is -2.11. The van der Waals surface area contributed by atoms with Crippen molar-refractivity contribution in [3.8, 4) is 0 Å². The second-order valence-corrected chi connectivity index (χ2v) is 6.68. The summed E-state index contributed by atoms with van der Waals surface area (Å²) in [7, 11) is 0. The van der Waals surface area contributed by atoms with E-state index in [4.69, 9.17) is 0 Å². The Morgan fingerprint density at radius 3 is 2.29 bits per heavy atom. The molecule has 0 atom stereocenters. The van der Waals surface area contributed by atoms with Crippen LogP contribution in [0.2, 0.25) is 0 Å². The number of fused-ring (bicyclic) bond motifs is 1. The summed E-state index contributed by atoms with van der Waals surface area (Å²) in [5.74, 6) is -0.487. The van der Waals surface area contributed by atoms with Crippen LogP contribution in [0.1, 0.15) is 29.5 Å². The van der Waals surface area contributed by atoms with Crippen LogP contribution in [-0.2, 0) is 9.59 Å². The second-order valence-electron chi connectivity index (χ2n) is 6.68. The molecule has 0 aliphatic carbocycles. The van der Waals surface area contributed by atoms with Crippen molar-refractivity contribution in [1.29, 1.82) is 0 Å². The highest BCUT2D eigenvalue weighted by Gasteiger charge is 2.09. The fourth-order valence-electron chi connectivity index (χ4n) is 3.03. The Labute approximate surface area is 164 Å². The van der Waals surface area contributed by atoms with Gasteiger partial charge in [0.2, 0.25) is 11.8 Å². The molecule has 0 radical (unpaired) electrons. The molecule has 2 N–H and O–H groups in total. The Morgan fingerprint density at radius 2 is 1.50 bits per heavy atom. The van der Waals surface area contributed by atoms with E-state index in [0.717, 1.165) is 33.2 Å². The van der Waals surface area contributed by atoms with Crippen LogP contribution in [0.15, 0.2) is 65.8 Å². The third-order valence-electron chi connectivity index (χ3n) is 4.54. The van der Waals surface area contributed by atoms with Gasteiger partial charge in [0.15, 0.2) is 0 Å². The lowest BCUT2D eigenvalue weighted by atomic mass is 10.1. The first-order valence-corrected chi connectivity index (χ1v) is 9.20. The minimum Gasteiger partial charge on any atom is -0.326 e. The van der Waals surface area contributed by atoms with Crippen molar-refractivity contribution in [2.75, 3.05) is 5.32 Å². The highest BCUT2D eigenvalue weighted by Crippen LogP contribution is 2.19. The normalized spacial score (nSPS) is 10.9. The van der Waals surface area contributed by atoms with Crippen molar-refractivity contribution in [1.82, 2.24) is 5.43 Å². The minimum absolute atomic E-state index is 0.0731. The number of carbonyl (C=O) groups excluding carboxylic acids is 2. The van der Waals surface area contributed by atoms with E-state index in [0.29, 0.717) is 0 Å². The molecule has 0 aliphatic rings. The number of amides is 2. The Balaban J connectivity index is 1.52. The van der Waals surface area contributed by atoms with Gasteiger partial charge in [0.05, 0.1) is 6.21 Å². The Kier molecular flexibility index (Phi) is 6.17. The van der Waals surface area contributed by atoms with Gasteiger partial charge in [-0.2, -0.15) is 5.10 Å². The predicted molar refractivity (Wildman–Crippen MR) is 113 cm³/mol. The van der Waals surface area contributed by atoms with E-state index in [2.05, 4.69) is 15.8 Å². The Bertz CT molecular complexity index is 1020. The van der Waals surface area contributed by atoms with Gasteiger partial charge in [0.1, 0.15) is 0 Å². The topological polar surface area (TPSA) is 70.6 Å². The standard InChI is InChI=1S/C23H23N3O2/c1-16-7-5-8-17(2)23(16)25-21(27)13-14-22(28)26-24-15-19-11-6-10-18-9-3-4-12-20(18)19/h3-12,15H,13-14H2,1-2H3,(H,25,27)(H,26,28)/b24-15-. The number of benzene rings is 3. The summed E-state index contributed by atoms with van der Waals surface area (Å²) >= 11 is 0. The number of nitrogens with one attached hydrogen (secondary N) is 2. The number of aryl methyl sites for hydroxylation is 2. The molecule has 3 rings (SSSR count). The molecule has 28 heavy (non-hydrogen) atoms. The third kappa shape index (κ3) is 4.82. The average molecular weight is 373 g/mol. The molecular formula is C23H23N3O2. The van der Waals surface area contributed by atoms with Gasteiger partial charge in [-0.15, -0.1) is 0 Å². The van der Waals surface area contributed by atoms with Gasteiger partial charge in [-0.05, 0) is 35.7 Å². The maximum atomic E-state index is 12.1. The van der Waals surface area contributed by atoms with Crippen LogP contribution in [0.25, 0.3) is 10.8 Å². The number of para-hydroxylation sites is 1. The summed E-state index contributed by atoms with van der Waals surface area (Å²) < 4.78 is 0. The van der Waals surface area contributed by atoms with Gasteiger partial charge in [0.25, 0.3) is 0 Å². The second kappa shape index (κ2) is 8.95. The first-order valence-electron chi connectivity index (χ1n) is 9.20. The molecule has 0 unspecified atom stereocenters. The van der Waals surface area contributed by atoms with Crippen LogP contribution in [0.4, 0.5) is 5.69 Å². The number of carbonyl (C=O) groups is 2. The molecule has 3 aromatic carbocycles. The van der Waals surface area contributed by atoms with E-state index >= 15 is 0 Å². The van der Waals surface area contributed by atoms with Crippen LogP contribution in [0.3, 0.4) is 0 Å². The largest absolute Gasteiger partial charge is 0.326 e. The lowest BCUT2D eigenvalue weighted by molar-refractivity contribution is -0.124. The molecule has 0 aliphatic heterocycles. The van der Waals surface area contributed by atoms with Crippen molar-refractivity contribution in [3.63, 3.8) is 0 Å². The van der Waals surface area contributed by atoms with E-state index < -0.39 is 0 Å². The summed E-state index contributed by atoms with van der Waals surface area (Å²) in [6.07, 6.45) is 1.80. The van der Waals surface area contributed by atoms with Crippen molar-refractivity contribution in [2.45, 2.75) is 26.7 Å². The summed E-state index contributed by atoms with van der Waals surface area (Å²) in [6.45, 7) is 3.88. The van der Waals surface area contributed by atoms with Crippen LogP contribution in [0.5, 0.6) is 0 Å². The van der Waals surface area contributed by atoms with Crippen LogP contribution < -0.4 is 10.7 Å². The Hall–Kier alpha value is -3.47. The molecular weight excluding hydrogens is 350 g/mol. The van der Waals surface area contributed by atoms with Gasteiger partial charge in [-0.1, -0.05) is 60.7 Å². The zero-order chi connectivity index (χ0) is 19.9. The van der Waals surface area contributed by atoms with Gasteiger partial charge < -0.3 is 5.32 Å².